The van der Waals surface area contributed by atoms with Crippen LogP contribution in [0.5, 0.6) is 0 Å². The number of carbonyl (C=O) groups is 2. The minimum Gasteiger partial charge on any atom is -0.466 e. The van der Waals surface area contributed by atoms with E-state index in [2.05, 4.69) is 18.6 Å². The molecule has 0 saturated carbocycles. The number of ether oxygens (including phenoxy) is 2. The zero-order valence-corrected chi connectivity index (χ0v) is 10.6. The van der Waals surface area contributed by atoms with Gasteiger partial charge in [0.05, 0.1) is 12.7 Å². The normalized spacial score (nSPS) is 12.6. The fraction of sp³-hybridized carbons (Fsp3) is 0.833. The maximum absolute atomic E-state index is 11.3. The summed E-state index contributed by atoms with van der Waals surface area (Å²) in [7, 11) is 0. The van der Waals surface area contributed by atoms with E-state index in [1.807, 2.05) is 6.92 Å². The summed E-state index contributed by atoms with van der Waals surface area (Å²) in [6.07, 6.45) is 0.765. The SMILES string of the molecule is CCOC(=O)CC(=O)COC(C)CC(C)C. The Balaban J connectivity index is 3.68. The van der Waals surface area contributed by atoms with Crippen LogP contribution in [0.25, 0.3) is 0 Å². The van der Waals surface area contributed by atoms with E-state index >= 15 is 0 Å². The van der Waals surface area contributed by atoms with Crippen molar-refractivity contribution in [2.24, 2.45) is 5.92 Å². The molecule has 0 bridgehead atoms. The Labute approximate surface area is 97.3 Å². The summed E-state index contributed by atoms with van der Waals surface area (Å²) in [5, 5.41) is 0. The van der Waals surface area contributed by atoms with Crippen LogP contribution < -0.4 is 0 Å². The number of hydrogen-bond acceptors (Lipinski definition) is 4. The van der Waals surface area contributed by atoms with E-state index in [0.29, 0.717) is 12.5 Å². The zero-order valence-electron chi connectivity index (χ0n) is 10.6. The Kier molecular flexibility index (Phi) is 7.81. The molecular formula is C12H22O4. The molecule has 0 radical (unpaired) electrons. The summed E-state index contributed by atoms with van der Waals surface area (Å²) in [5.74, 6) is -0.170. The van der Waals surface area contributed by atoms with Gasteiger partial charge in [0.2, 0.25) is 0 Å². The Morgan fingerprint density at radius 2 is 1.81 bits per heavy atom. The van der Waals surface area contributed by atoms with Crippen molar-refractivity contribution in [3.05, 3.63) is 0 Å². The first kappa shape index (κ1) is 15.1. The van der Waals surface area contributed by atoms with Crippen molar-refractivity contribution in [3.8, 4) is 0 Å². The second-order valence-electron chi connectivity index (χ2n) is 4.27. The number of esters is 1. The topological polar surface area (TPSA) is 52.6 Å². The van der Waals surface area contributed by atoms with Crippen molar-refractivity contribution in [2.45, 2.75) is 46.6 Å². The summed E-state index contributed by atoms with van der Waals surface area (Å²) in [4.78, 5) is 22.3. The summed E-state index contributed by atoms with van der Waals surface area (Å²) >= 11 is 0. The predicted octanol–water partition coefficient (Wildman–Crippen LogP) is 1.96. The third-order valence-corrected chi connectivity index (χ3v) is 1.98. The van der Waals surface area contributed by atoms with Crippen molar-refractivity contribution in [2.75, 3.05) is 13.2 Å². The molecule has 0 fully saturated rings. The van der Waals surface area contributed by atoms with Gasteiger partial charge in [0.25, 0.3) is 0 Å². The minimum atomic E-state index is -0.479. The van der Waals surface area contributed by atoms with Crippen molar-refractivity contribution < 1.29 is 19.1 Å². The second-order valence-corrected chi connectivity index (χ2v) is 4.27. The average Bonchev–Trinajstić information content (AvgIpc) is 2.14. The van der Waals surface area contributed by atoms with Crippen LogP contribution in [0.4, 0.5) is 0 Å². The maximum atomic E-state index is 11.3. The fourth-order valence-corrected chi connectivity index (χ4v) is 1.39. The molecule has 0 heterocycles. The largest absolute Gasteiger partial charge is 0.466 e. The van der Waals surface area contributed by atoms with Crippen LogP contribution in [0, 0.1) is 5.92 Å². The standard InChI is InChI=1S/C12H22O4/c1-5-15-12(14)7-11(13)8-16-10(4)6-9(2)3/h9-10H,5-8H2,1-4H3. The van der Waals surface area contributed by atoms with Gasteiger partial charge in [0.15, 0.2) is 5.78 Å². The summed E-state index contributed by atoms with van der Waals surface area (Å²) in [5.41, 5.74) is 0. The lowest BCUT2D eigenvalue weighted by atomic mass is 10.1. The Morgan fingerprint density at radius 3 is 2.31 bits per heavy atom. The van der Waals surface area contributed by atoms with Gasteiger partial charge in [-0.1, -0.05) is 13.8 Å². The van der Waals surface area contributed by atoms with Gasteiger partial charge in [-0.3, -0.25) is 9.59 Å². The van der Waals surface area contributed by atoms with E-state index in [9.17, 15) is 9.59 Å². The van der Waals surface area contributed by atoms with Gasteiger partial charge in [-0.05, 0) is 26.2 Å². The molecule has 0 rings (SSSR count). The van der Waals surface area contributed by atoms with E-state index in [1.165, 1.54) is 0 Å². The van der Waals surface area contributed by atoms with Crippen LogP contribution in [-0.2, 0) is 19.1 Å². The van der Waals surface area contributed by atoms with Gasteiger partial charge in [0.1, 0.15) is 13.0 Å². The van der Waals surface area contributed by atoms with Crippen molar-refractivity contribution in [1.29, 1.82) is 0 Å². The number of carbonyl (C=O) groups excluding carboxylic acids is 2. The minimum absolute atomic E-state index is 0.00724. The van der Waals surface area contributed by atoms with E-state index in [0.717, 1.165) is 6.42 Å². The Bertz CT molecular complexity index is 223. The molecule has 0 aromatic rings. The molecule has 0 aliphatic heterocycles. The monoisotopic (exact) mass is 230 g/mol. The third-order valence-electron chi connectivity index (χ3n) is 1.98. The van der Waals surface area contributed by atoms with Crippen LogP contribution >= 0.6 is 0 Å². The fourth-order valence-electron chi connectivity index (χ4n) is 1.39. The molecule has 0 spiro atoms. The number of ketones is 1. The van der Waals surface area contributed by atoms with Crippen LogP contribution in [0.1, 0.15) is 40.5 Å². The van der Waals surface area contributed by atoms with Gasteiger partial charge >= 0.3 is 5.97 Å². The number of Topliss-reactive ketones (excluding diaryl/α,β-unsaturated/α-hetero) is 1. The highest BCUT2D eigenvalue weighted by Gasteiger charge is 2.12. The molecule has 0 aliphatic rings. The van der Waals surface area contributed by atoms with Crippen molar-refractivity contribution in [3.63, 3.8) is 0 Å². The first-order valence-electron chi connectivity index (χ1n) is 5.74. The van der Waals surface area contributed by atoms with Crippen LogP contribution in [0.3, 0.4) is 0 Å². The molecule has 1 atom stereocenters. The number of rotatable bonds is 8. The average molecular weight is 230 g/mol. The quantitative estimate of drug-likeness (QED) is 0.472. The van der Waals surface area contributed by atoms with Crippen LogP contribution in [-0.4, -0.2) is 31.1 Å². The van der Waals surface area contributed by atoms with E-state index < -0.39 is 5.97 Å². The lowest BCUT2D eigenvalue weighted by Gasteiger charge is -2.14. The highest BCUT2D eigenvalue weighted by Crippen LogP contribution is 2.07. The zero-order chi connectivity index (χ0) is 12.6. The molecule has 0 amide bonds. The van der Waals surface area contributed by atoms with Gasteiger partial charge in [-0.25, -0.2) is 0 Å². The molecule has 4 heteroatoms. The summed E-state index contributed by atoms with van der Waals surface area (Å²) < 4.78 is 10.0. The molecule has 0 aliphatic carbocycles. The van der Waals surface area contributed by atoms with Crippen molar-refractivity contribution >= 4 is 11.8 Å². The van der Waals surface area contributed by atoms with Crippen LogP contribution in [0.15, 0.2) is 0 Å². The smallest absolute Gasteiger partial charge is 0.313 e. The van der Waals surface area contributed by atoms with Gasteiger partial charge < -0.3 is 9.47 Å². The summed E-state index contributed by atoms with van der Waals surface area (Å²) in [6, 6.07) is 0. The van der Waals surface area contributed by atoms with Crippen molar-refractivity contribution in [1.82, 2.24) is 0 Å². The Hall–Kier alpha value is -0.900. The van der Waals surface area contributed by atoms with E-state index in [1.54, 1.807) is 6.92 Å². The molecule has 0 N–H and O–H groups in total. The molecule has 16 heavy (non-hydrogen) atoms. The molecule has 94 valence electrons. The molecule has 1 unspecified atom stereocenters. The molecular weight excluding hydrogens is 208 g/mol. The highest BCUT2D eigenvalue weighted by atomic mass is 16.5. The number of hydrogen-bond donors (Lipinski definition) is 0. The molecule has 0 saturated heterocycles. The third kappa shape index (κ3) is 8.41. The van der Waals surface area contributed by atoms with Gasteiger partial charge in [0, 0.05) is 0 Å². The summed E-state index contributed by atoms with van der Waals surface area (Å²) in [6.45, 7) is 8.13. The Morgan fingerprint density at radius 1 is 1.19 bits per heavy atom. The van der Waals surface area contributed by atoms with Gasteiger partial charge in [-0.2, -0.15) is 0 Å². The lowest BCUT2D eigenvalue weighted by molar-refractivity contribution is -0.146. The first-order chi connectivity index (χ1) is 7.45. The molecule has 4 nitrogen and oxygen atoms in total. The van der Waals surface area contributed by atoms with E-state index in [4.69, 9.17) is 4.74 Å². The maximum Gasteiger partial charge on any atom is 0.313 e. The molecule has 0 aromatic heterocycles. The predicted molar refractivity (Wildman–Crippen MR) is 61.1 cm³/mol. The van der Waals surface area contributed by atoms with Gasteiger partial charge in [-0.15, -0.1) is 0 Å². The second kappa shape index (κ2) is 8.28. The lowest BCUT2D eigenvalue weighted by Crippen LogP contribution is -2.20. The van der Waals surface area contributed by atoms with E-state index in [-0.39, 0.29) is 24.9 Å². The molecule has 0 aromatic carbocycles. The highest BCUT2D eigenvalue weighted by molar-refractivity contribution is 5.96. The first-order valence-corrected chi connectivity index (χ1v) is 5.74. The van der Waals surface area contributed by atoms with Crippen LogP contribution in [0.2, 0.25) is 0 Å².